The van der Waals surface area contributed by atoms with Crippen LogP contribution in [0.25, 0.3) is 5.69 Å². The number of aromatic nitrogens is 2. The number of nitrogens with one attached hydrogen (secondary N) is 1. The molecule has 1 atom stereocenters. The Labute approximate surface area is 162 Å². The Kier molecular flexibility index (Phi) is 6.14. The molecule has 1 aromatic carbocycles. The van der Waals surface area contributed by atoms with Crippen molar-refractivity contribution in [2.75, 3.05) is 19.6 Å². The van der Waals surface area contributed by atoms with Crippen LogP contribution in [0.5, 0.6) is 0 Å². The maximum absolute atomic E-state index is 13.2. The minimum Gasteiger partial charge on any atom is -0.336 e. The predicted octanol–water partition coefficient (Wildman–Crippen LogP) is 3.33. The van der Waals surface area contributed by atoms with Gasteiger partial charge in [0.25, 0.3) is 5.91 Å². The third kappa shape index (κ3) is 4.27. The summed E-state index contributed by atoms with van der Waals surface area (Å²) in [6.07, 6.45) is 1.89. The largest absolute Gasteiger partial charge is 0.336 e. The summed E-state index contributed by atoms with van der Waals surface area (Å²) in [4.78, 5) is 15.1. The smallest absolute Gasteiger partial charge is 0.257 e. The van der Waals surface area contributed by atoms with Gasteiger partial charge in [-0.05, 0) is 26.0 Å². The number of hydrogen-bond acceptors (Lipinski definition) is 3. The summed E-state index contributed by atoms with van der Waals surface area (Å²) in [6.45, 7) is 12.8. The molecule has 0 radical (unpaired) electrons. The normalized spacial score (nSPS) is 17.7. The van der Waals surface area contributed by atoms with E-state index in [1.807, 2.05) is 27.9 Å². The SMILES string of the molecule is Cc1ccc(-n2cc(C(=O)N3CCNC(C)C3)c(C(C)(C)C)n2)cc1.Cl. The minimum absolute atomic E-state index is 0. The average molecular weight is 377 g/mol. The third-order valence-corrected chi connectivity index (χ3v) is 4.61. The van der Waals surface area contributed by atoms with Crippen molar-refractivity contribution in [3.63, 3.8) is 0 Å². The molecule has 142 valence electrons. The number of carbonyl (C=O) groups is 1. The molecule has 1 fully saturated rings. The second-order valence-electron chi connectivity index (χ2n) is 8.03. The summed E-state index contributed by atoms with van der Waals surface area (Å²) in [5, 5.41) is 8.15. The number of amides is 1. The van der Waals surface area contributed by atoms with E-state index in [-0.39, 0.29) is 23.7 Å². The zero-order chi connectivity index (χ0) is 18.2. The second-order valence-corrected chi connectivity index (χ2v) is 8.03. The van der Waals surface area contributed by atoms with Crippen molar-refractivity contribution in [3.05, 3.63) is 47.3 Å². The standard InChI is InChI=1S/C20H28N4O.ClH/c1-14-6-8-16(9-7-14)24-13-17(18(22-24)20(3,4)5)19(25)23-11-10-21-15(2)12-23;/h6-9,13,15,21H,10-12H2,1-5H3;1H. The first-order valence-corrected chi connectivity index (χ1v) is 8.95. The molecule has 5 nitrogen and oxygen atoms in total. The Hall–Kier alpha value is -1.85. The number of rotatable bonds is 2. The van der Waals surface area contributed by atoms with Gasteiger partial charge >= 0.3 is 0 Å². The third-order valence-electron chi connectivity index (χ3n) is 4.61. The van der Waals surface area contributed by atoms with Crippen LogP contribution in [0, 0.1) is 6.92 Å². The lowest BCUT2D eigenvalue weighted by molar-refractivity contribution is 0.0706. The van der Waals surface area contributed by atoms with E-state index in [2.05, 4.69) is 52.1 Å². The quantitative estimate of drug-likeness (QED) is 0.874. The maximum atomic E-state index is 13.2. The average Bonchev–Trinajstić information content (AvgIpc) is 3.00. The van der Waals surface area contributed by atoms with Gasteiger partial charge in [-0.1, -0.05) is 38.5 Å². The molecule has 1 aromatic heterocycles. The topological polar surface area (TPSA) is 50.2 Å². The van der Waals surface area contributed by atoms with Gasteiger partial charge in [0.1, 0.15) is 0 Å². The van der Waals surface area contributed by atoms with Crippen molar-refractivity contribution in [3.8, 4) is 5.69 Å². The van der Waals surface area contributed by atoms with Gasteiger partial charge in [-0.25, -0.2) is 4.68 Å². The summed E-state index contributed by atoms with van der Waals surface area (Å²) < 4.78 is 1.83. The van der Waals surface area contributed by atoms with Crippen molar-refractivity contribution in [2.24, 2.45) is 0 Å². The fourth-order valence-electron chi connectivity index (χ4n) is 3.20. The molecule has 1 amide bonds. The van der Waals surface area contributed by atoms with Crippen LogP contribution in [0.3, 0.4) is 0 Å². The molecule has 2 heterocycles. The van der Waals surface area contributed by atoms with Crippen molar-refractivity contribution in [1.29, 1.82) is 0 Å². The van der Waals surface area contributed by atoms with E-state index in [0.29, 0.717) is 11.6 Å². The first kappa shape index (κ1) is 20.5. The van der Waals surface area contributed by atoms with Crippen molar-refractivity contribution in [1.82, 2.24) is 20.0 Å². The van der Waals surface area contributed by atoms with Gasteiger partial charge in [0.2, 0.25) is 0 Å². The predicted molar refractivity (Wildman–Crippen MR) is 108 cm³/mol. The van der Waals surface area contributed by atoms with E-state index in [4.69, 9.17) is 5.10 Å². The molecule has 1 N–H and O–H groups in total. The highest BCUT2D eigenvalue weighted by molar-refractivity contribution is 5.95. The van der Waals surface area contributed by atoms with Gasteiger partial charge < -0.3 is 10.2 Å². The van der Waals surface area contributed by atoms with Crippen LogP contribution in [0.1, 0.15) is 49.3 Å². The van der Waals surface area contributed by atoms with Crippen LogP contribution < -0.4 is 5.32 Å². The molecule has 6 heteroatoms. The highest BCUT2D eigenvalue weighted by Crippen LogP contribution is 2.27. The van der Waals surface area contributed by atoms with Gasteiger partial charge in [-0.15, -0.1) is 12.4 Å². The molecule has 26 heavy (non-hydrogen) atoms. The minimum atomic E-state index is -0.194. The maximum Gasteiger partial charge on any atom is 0.257 e. The van der Waals surface area contributed by atoms with Crippen molar-refractivity contribution < 1.29 is 4.79 Å². The first-order valence-electron chi connectivity index (χ1n) is 8.95. The highest BCUT2D eigenvalue weighted by atomic mass is 35.5. The van der Waals surface area contributed by atoms with Crippen LogP contribution in [0.2, 0.25) is 0 Å². The number of carbonyl (C=O) groups excluding carboxylic acids is 1. The number of halogens is 1. The molecule has 0 bridgehead atoms. The van der Waals surface area contributed by atoms with Crippen LogP contribution >= 0.6 is 12.4 Å². The zero-order valence-corrected chi connectivity index (χ0v) is 17.1. The van der Waals surface area contributed by atoms with E-state index in [1.54, 1.807) is 0 Å². The van der Waals surface area contributed by atoms with Gasteiger partial charge in [-0.2, -0.15) is 5.10 Å². The zero-order valence-electron chi connectivity index (χ0n) is 16.2. The van der Waals surface area contributed by atoms with Crippen LogP contribution in [-0.4, -0.2) is 46.3 Å². The molecular formula is C20H29ClN4O. The number of piperazine rings is 1. The molecule has 0 spiro atoms. The summed E-state index contributed by atoms with van der Waals surface area (Å²) in [6, 6.07) is 8.52. The summed E-state index contributed by atoms with van der Waals surface area (Å²) >= 11 is 0. The Bertz CT molecular complexity index is 761. The second kappa shape index (κ2) is 7.80. The Morgan fingerprint density at radius 3 is 2.46 bits per heavy atom. The molecule has 1 unspecified atom stereocenters. The number of hydrogen-bond donors (Lipinski definition) is 1. The van der Waals surface area contributed by atoms with E-state index < -0.39 is 0 Å². The fourth-order valence-corrected chi connectivity index (χ4v) is 3.20. The van der Waals surface area contributed by atoms with Gasteiger partial charge in [0.05, 0.1) is 16.9 Å². The molecule has 0 aliphatic carbocycles. The molecule has 1 aliphatic heterocycles. The first-order chi connectivity index (χ1) is 11.8. The Morgan fingerprint density at radius 2 is 1.88 bits per heavy atom. The molecule has 3 rings (SSSR count). The van der Waals surface area contributed by atoms with Crippen LogP contribution in [0.15, 0.2) is 30.5 Å². The monoisotopic (exact) mass is 376 g/mol. The fraction of sp³-hybridized carbons (Fsp3) is 0.500. The number of benzene rings is 1. The van der Waals surface area contributed by atoms with E-state index >= 15 is 0 Å². The number of aryl methyl sites for hydroxylation is 1. The summed E-state index contributed by atoms with van der Waals surface area (Å²) in [7, 11) is 0. The molecule has 1 saturated heterocycles. The molecule has 2 aromatic rings. The van der Waals surface area contributed by atoms with Gasteiger partial charge in [0.15, 0.2) is 0 Å². The van der Waals surface area contributed by atoms with E-state index in [1.165, 1.54) is 5.56 Å². The lowest BCUT2D eigenvalue weighted by Crippen LogP contribution is -2.51. The van der Waals surface area contributed by atoms with Crippen LogP contribution in [0.4, 0.5) is 0 Å². The van der Waals surface area contributed by atoms with Gasteiger partial charge in [0, 0.05) is 37.3 Å². The van der Waals surface area contributed by atoms with Gasteiger partial charge in [-0.3, -0.25) is 4.79 Å². The van der Waals surface area contributed by atoms with Crippen molar-refractivity contribution >= 4 is 18.3 Å². The Balaban J connectivity index is 0.00000243. The van der Waals surface area contributed by atoms with E-state index in [9.17, 15) is 4.79 Å². The Morgan fingerprint density at radius 1 is 1.23 bits per heavy atom. The number of nitrogens with zero attached hydrogens (tertiary/aromatic N) is 3. The molecule has 0 saturated carbocycles. The lowest BCUT2D eigenvalue weighted by Gasteiger charge is -2.32. The molecule has 1 aliphatic rings. The van der Waals surface area contributed by atoms with Crippen LogP contribution in [-0.2, 0) is 5.41 Å². The van der Waals surface area contributed by atoms with E-state index in [0.717, 1.165) is 31.0 Å². The molecular weight excluding hydrogens is 348 g/mol. The van der Waals surface area contributed by atoms with Crippen molar-refractivity contribution in [2.45, 2.75) is 46.1 Å². The summed E-state index contributed by atoms with van der Waals surface area (Å²) in [5.41, 5.74) is 3.55. The summed E-state index contributed by atoms with van der Waals surface area (Å²) in [5.74, 6) is 0.0802. The lowest BCUT2D eigenvalue weighted by atomic mass is 9.89. The highest BCUT2D eigenvalue weighted by Gasteiger charge is 2.30.